The first kappa shape index (κ1) is 15.7. The Morgan fingerprint density at radius 2 is 2.14 bits per heavy atom. The summed E-state index contributed by atoms with van der Waals surface area (Å²) in [5.74, 6) is -1.64. The van der Waals surface area contributed by atoms with Crippen molar-refractivity contribution in [2.45, 2.75) is 24.8 Å². The number of sulfonamides is 1. The van der Waals surface area contributed by atoms with Crippen molar-refractivity contribution in [2.24, 2.45) is 5.92 Å². The first-order valence-corrected chi connectivity index (χ1v) is 7.97. The number of carbonyl (C=O) groups is 1. The normalized spacial score (nSPS) is 13.7. The van der Waals surface area contributed by atoms with Gasteiger partial charge in [0.05, 0.1) is 10.4 Å². The molecule has 114 valence electrons. The van der Waals surface area contributed by atoms with Gasteiger partial charge in [-0.05, 0) is 12.0 Å². The lowest BCUT2D eigenvalue weighted by Gasteiger charge is -2.17. The highest BCUT2D eigenvalue weighted by Crippen LogP contribution is 2.28. The van der Waals surface area contributed by atoms with Crippen molar-refractivity contribution >= 4 is 38.6 Å². The van der Waals surface area contributed by atoms with Crippen LogP contribution < -0.4 is 4.72 Å². The van der Waals surface area contributed by atoms with Crippen molar-refractivity contribution in [3.63, 3.8) is 0 Å². The smallest absolute Gasteiger partial charge is 0.322 e. The van der Waals surface area contributed by atoms with Crippen LogP contribution in [-0.2, 0) is 14.8 Å². The molecular weight excluding hydrogens is 318 g/mol. The molecule has 2 rings (SSSR count). The minimum atomic E-state index is -4.04. The molecule has 0 fully saturated rings. The molecule has 0 aliphatic heterocycles. The number of fused-ring (bicyclic) bond motifs is 1. The number of aromatic nitrogens is 2. The molecule has 21 heavy (non-hydrogen) atoms. The number of carboxylic acids is 1. The number of nitrogens with one attached hydrogen (secondary N) is 2. The highest BCUT2D eigenvalue weighted by Gasteiger charge is 2.30. The number of H-pyrrole nitrogens is 1. The van der Waals surface area contributed by atoms with Crippen LogP contribution in [0.15, 0.2) is 23.4 Å². The van der Waals surface area contributed by atoms with Crippen LogP contribution in [0.3, 0.4) is 0 Å². The molecule has 3 N–H and O–H groups in total. The summed E-state index contributed by atoms with van der Waals surface area (Å²) in [6, 6.07) is 0.240. The van der Waals surface area contributed by atoms with Crippen LogP contribution in [0.2, 0.25) is 5.02 Å². The third-order valence-corrected chi connectivity index (χ3v) is 4.77. The number of carboxylic acid groups (broad SMARTS) is 1. The minimum absolute atomic E-state index is 0.123. The van der Waals surface area contributed by atoms with Crippen molar-refractivity contribution in [3.8, 4) is 0 Å². The van der Waals surface area contributed by atoms with Crippen LogP contribution in [0.25, 0.3) is 11.0 Å². The maximum absolute atomic E-state index is 12.4. The summed E-state index contributed by atoms with van der Waals surface area (Å²) in [5.41, 5.74) is 0.319. The monoisotopic (exact) mass is 331 g/mol. The van der Waals surface area contributed by atoms with E-state index in [2.05, 4.69) is 14.7 Å². The van der Waals surface area contributed by atoms with E-state index in [1.165, 1.54) is 18.5 Å². The highest BCUT2D eigenvalue weighted by atomic mass is 35.5. The molecule has 0 aromatic carbocycles. The predicted molar refractivity (Wildman–Crippen MR) is 77.7 cm³/mol. The van der Waals surface area contributed by atoms with Gasteiger partial charge in [0, 0.05) is 12.4 Å². The lowest BCUT2D eigenvalue weighted by molar-refractivity contribution is -0.140. The van der Waals surface area contributed by atoms with Crippen molar-refractivity contribution < 1.29 is 18.3 Å². The number of pyridine rings is 1. The van der Waals surface area contributed by atoms with Crippen LogP contribution in [0.4, 0.5) is 0 Å². The fourth-order valence-electron chi connectivity index (χ4n) is 1.90. The van der Waals surface area contributed by atoms with Gasteiger partial charge in [0.15, 0.2) is 0 Å². The number of aromatic amines is 1. The van der Waals surface area contributed by atoms with E-state index in [1.54, 1.807) is 13.8 Å². The fourth-order valence-corrected chi connectivity index (χ4v) is 3.73. The molecule has 9 heteroatoms. The number of aliphatic carboxylic acids is 1. The van der Waals surface area contributed by atoms with E-state index in [0.717, 1.165) is 0 Å². The minimum Gasteiger partial charge on any atom is -0.480 e. The van der Waals surface area contributed by atoms with Crippen LogP contribution in [0.5, 0.6) is 0 Å². The Kier molecular flexibility index (Phi) is 4.22. The number of halogens is 1. The summed E-state index contributed by atoms with van der Waals surface area (Å²) < 4.78 is 27.0. The first-order valence-electron chi connectivity index (χ1n) is 6.10. The van der Waals surface area contributed by atoms with Gasteiger partial charge in [-0.2, -0.15) is 4.72 Å². The highest BCUT2D eigenvalue weighted by molar-refractivity contribution is 7.89. The standard InChI is InChI=1S/C12H14ClN3O4S/c1-6(2)10(12(17)18)16-21(19,20)8-5-15-11-9(8)7(13)3-4-14-11/h3-6,10,16H,1-2H3,(H,14,15)(H,17,18). The average molecular weight is 332 g/mol. The molecule has 0 aliphatic carbocycles. The van der Waals surface area contributed by atoms with Crippen molar-refractivity contribution in [3.05, 3.63) is 23.5 Å². The van der Waals surface area contributed by atoms with E-state index >= 15 is 0 Å². The Morgan fingerprint density at radius 1 is 1.48 bits per heavy atom. The van der Waals surface area contributed by atoms with Gasteiger partial charge in [-0.15, -0.1) is 0 Å². The average Bonchev–Trinajstić information content (AvgIpc) is 2.81. The maximum Gasteiger partial charge on any atom is 0.322 e. The lowest BCUT2D eigenvalue weighted by atomic mass is 10.1. The third-order valence-electron chi connectivity index (χ3n) is 2.99. The number of nitrogens with zero attached hydrogens (tertiary/aromatic N) is 1. The SMILES string of the molecule is CC(C)C(NS(=O)(=O)c1c[nH]c2nccc(Cl)c12)C(=O)O. The largest absolute Gasteiger partial charge is 0.480 e. The number of rotatable bonds is 5. The van der Waals surface area contributed by atoms with E-state index in [-0.39, 0.29) is 15.3 Å². The topological polar surface area (TPSA) is 112 Å². The molecule has 0 spiro atoms. The van der Waals surface area contributed by atoms with Crippen molar-refractivity contribution in [1.29, 1.82) is 0 Å². The molecule has 2 aromatic rings. The van der Waals surface area contributed by atoms with Crippen LogP contribution in [0.1, 0.15) is 13.8 Å². The number of hydrogen-bond acceptors (Lipinski definition) is 4. The molecule has 1 unspecified atom stereocenters. The molecule has 0 radical (unpaired) electrons. The zero-order chi connectivity index (χ0) is 15.8. The van der Waals surface area contributed by atoms with Gasteiger partial charge in [0.1, 0.15) is 16.6 Å². The predicted octanol–water partition coefficient (Wildman–Crippen LogP) is 1.60. The summed E-state index contributed by atoms with van der Waals surface area (Å²) in [6.07, 6.45) is 2.68. The molecule has 2 heterocycles. The molecule has 0 saturated heterocycles. The Labute approximate surface area is 126 Å². The Morgan fingerprint density at radius 3 is 2.71 bits per heavy atom. The van der Waals surface area contributed by atoms with E-state index in [0.29, 0.717) is 5.65 Å². The van der Waals surface area contributed by atoms with Gasteiger partial charge in [0.25, 0.3) is 0 Å². The maximum atomic E-state index is 12.4. The molecule has 2 aromatic heterocycles. The van der Waals surface area contributed by atoms with Crippen LogP contribution in [-0.4, -0.2) is 35.5 Å². The van der Waals surface area contributed by atoms with Gasteiger partial charge in [0.2, 0.25) is 10.0 Å². The zero-order valence-electron chi connectivity index (χ0n) is 11.3. The van der Waals surface area contributed by atoms with Gasteiger partial charge < -0.3 is 10.1 Å². The molecule has 0 amide bonds. The second-order valence-corrected chi connectivity index (χ2v) is 6.94. The first-order chi connectivity index (χ1) is 9.74. The van der Waals surface area contributed by atoms with Crippen molar-refractivity contribution in [2.75, 3.05) is 0 Å². The third kappa shape index (κ3) is 3.02. The van der Waals surface area contributed by atoms with E-state index in [9.17, 15) is 13.2 Å². The Bertz CT molecular complexity index is 785. The van der Waals surface area contributed by atoms with E-state index < -0.39 is 28.0 Å². The summed E-state index contributed by atoms with van der Waals surface area (Å²) in [7, 11) is -4.04. The summed E-state index contributed by atoms with van der Waals surface area (Å²) in [4.78, 5) is 17.7. The van der Waals surface area contributed by atoms with Crippen LogP contribution in [0, 0.1) is 5.92 Å². The molecule has 0 aliphatic rings. The van der Waals surface area contributed by atoms with E-state index in [4.69, 9.17) is 16.7 Å². The summed E-state index contributed by atoms with van der Waals surface area (Å²) in [6.45, 7) is 3.23. The van der Waals surface area contributed by atoms with E-state index in [1.807, 2.05) is 0 Å². The van der Waals surface area contributed by atoms with Crippen LogP contribution >= 0.6 is 11.6 Å². The molecular formula is C12H14ClN3O4S. The van der Waals surface area contributed by atoms with Gasteiger partial charge >= 0.3 is 5.97 Å². The molecule has 1 atom stereocenters. The Balaban J connectivity index is 2.50. The summed E-state index contributed by atoms with van der Waals surface area (Å²) in [5, 5.41) is 9.56. The van der Waals surface area contributed by atoms with Gasteiger partial charge in [-0.1, -0.05) is 25.4 Å². The number of hydrogen-bond donors (Lipinski definition) is 3. The summed E-state index contributed by atoms with van der Waals surface area (Å²) >= 11 is 6.00. The second-order valence-electron chi connectivity index (χ2n) is 4.85. The van der Waals surface area contributed by atoms with Gasteiger partial charge in [-0.3, -0.25) is 4.79 Å². The van der Waals surface area contributed by atoms with Gasteiger partial charge in [-0.25, -0.2) is 13.4 Å². The molecule has 7 nitrogen and oxygen atoms in total. The Hall–Kier alpha value is -1.64. The molecule has 0 bridgehead atoms. The second kappa shape index (κ2) is 5.63. The lowest BCUT2D eigenvalue weighted by Crippen LogP contribution is -2.44. The zero-order valence-corrected chi connectivity index (χ0v) is 12.9. The van der Waals surface area contributed by atoms with Crippen molar-refractivity contribution in [1.82, 2.24) is 14.7 Å². The molecule has 0 saturated carbocycles. The quantitative estimate of drug-likeness (QED) is 0.770. The fraction of sp³-hybridized carbons (Fsp3) is 0.333.